The largest absolute Gasteiger partial charge is 0.385 e. The molecule has 0 saturated heterocycles. The van der Waals surface area contributed by atoms with Gasteiger partial charge in [-0.1, -0.05) is 23.8 Å². The van der Waals surface area contributed by atoms with E-state index in [4.69, 9.17) is 0 Å². The normalized spacial score (nSPS) is 30.3. The zero-order chi connectivity index (χ0) is 8.32. The van der Waals surface area contributed by atoms with E-state index in [-0.39, 0.29) is 0 Å². The van der Waals surface area contributed by atoms with Crippen molar-refractivity contribution in [3.63, 3.8) is 0 Å². The Morgan fingerprint density at radius 1 is 1.55 bits per heavy atom. The van der Waals surface area contributed by atoms with Crippen molar-refractivity contribution in [2.45, 2.75) is 12.0 Å². The molecule has 11 heavy (non-hydrogen) atoms. The summed E-state index contributed by atoms with van der Waals surface area (Å²) in [5.41, 5.74) is 0.419. The molecule has 0 spiro atoms. The van der Waals surface area contributed by atoms with E-state index in [0.717, 1.165) is 5.57 Å². The number of thiol groups is 2. The smallest absolute Gasteiger partial charge is 0.0955 e. The Kier molecular flexibility index (Phi) is 3.10. The van der Waals surface area contributed by atoms with Gasteiger partial charge < -0.3 is 5.11 Å². The van der Waals surface area contributed by atoms with Gasteiger partial charge in [0.1, 0.15) is 0 Å². The summed E-state index contributed by atoms with van der Waals surface area (Å²) in [6, 6.07) is 0. The van der Waals surface area contributed by atoms with Gasteiger partial charge in [0.15, 0.2) is 0 Å². The van der Waals surface area contributed by atoms with Gasteiger partial charge in [-0.25, -0.2) is 0 Å². The first kappa shape index (κ1) is 9.23. The van der Waals surface area contributed by atoms with E-state index >= 15 is 0 Å². The summed E-state index contributed by atoms with van der Waals surface area (Å²) in [5.74, 6) is 1.18. The number of aliphatic hydroxyl groups is 1. The molecule has 62 valence electrons. The molecule has 0 bridgehead atoms. The lowest BCUT2D eigenvalue weighted by Crippen LogP contribution is -2.30. The second kappa shape index (κ2) is 3.70. The molecule has 0 fully saturated rings. The van der Waals surface area contributed by atoms with E-state index in [1.165, 1.54) is 0 Å². The van der Waals surface area contributed by atoms with E-state index in [9.17, 15) is 5.11 Å². The third-order valence-corrected chi connectivity index (χ3v) is 2.70. The summed E-state index contributed by atoms with van der Waals surface area (Å²) in [6.07, 6.45) is 6.31. The van der Waals surface area contributed by atoms with Crippen LogP contribution < -0.4 is 0 Å². The third kappa shape index (κ3) is 2.29. The fourth-order valence-corrected chi connectivity index (χ4v) is 1.53. The summed E-state index contributed by atoms with van der Waals surface area (Å²) < 4.78 is 0. The molecule has 1 unspecified atom stereocenters. The van der Waals surface area contributed by atoms with Gasteiger partial charge >= 0.3 is 0 Å². The zero-order valence-electron chi connectivity index (χ0n) is 6.20. The molecule has 1 rings (SSSR count). The molecule has 1 N–H and O–H groups in total. The van der Waals surface area contributed by atoms with Gasteiger partial charge in [-0.15, -0.1) is 0 Å². The number of hydrogen-bond acceptors (Lipinski definition) is 3. The minimum Gasteiger partial charge on any atom is -0.385 e. The summed E-state index contributed by atoms with van der Waals surface area (Å²) in [5, 5.41) is 9.74. The molecular formula is C8H12OS2. The van der Waals surface area contributed by atoms with Gasteiger partial charge in [0.25, 0.3) is 0 Å². The van der Waals surface area contributed by atoms with Crippen LogP contribution in [-0.4, -0.2) is 22.2 Å². The van der Waals surface area contributed by atoms with E-state index in [0.29, 0.717) is 17.9 Å². The first-order chi connectivity index (χ1) is 5.20. The molecular weight excluding hydrogens is 176 g/mol. The highest BCUT2D eigenvalue weighted by atomic mass is 32.1. The Balaban J connectivity index is 2.68. The van der Waals surface area contributed by atoms with Crippen LogP contribution in [0.2, 0.25) is 0 Å². The Bertz CT molecular complexity index is 198. The fourth-order valence-electron chi connectivity index (χ4n) is 1.09. The lowest BCUT2D eigenvalue weighted by molar-refractivity contribution is 0.116. The predicted molar refractivity (Wildman–Crippen MR) is 54.5 cm³/mol. The first-order valence-electron chi connectivity index (χ1n) is 3.51. The fraction of sp³-hybridized carbons (Fsp3) is 0.500. The van der Waals surface area contributed by atoms with Crippen LogP contribution in [0.1, 0.15) is 6.42 Å². The zero-order valence-corrected chi connectivity index (χ0v) is 7.98. The van der Waals surface area contributed by atoms with Crippen molar-refractivity contribution in [3.05, 3.63) is 23.8 Å². The molecule has 0 aromatic heterocycles. The summed E-state index contributed by atoms with van der Waals surface area (Å²) in [6.45, 7) is 0. The minimum atomic E-state index is -0.740. The Morgan fingerprint density at radius 3 is 2.82 bits per heavy atom. The van der Waals surface area contributed by atoms with Crippen molar-refractivity contribution >= 4 is 25.3 Å². The van der Waals surface area contributed by atoms with E-state index in [2.05, 4.69) is 25.3 Å². The lowest BCUT2D eigenvalue weighted by Gasteiger charge is -2.25. The Hall–Kier alpha value is 0.140. The Morgan fingerprint density at radius 2 is 2.27 bits per heavy atom. The van der Waals surface area contributed by atoms with Crippen LogP contribution in [-0.2, 0) is 0 Å². The molecule has 0 aromatic rings. The summed E-state index contributed by atoms with van der Waals surface area (Å²) in [4.78, 5) is 0. The van der Waals surface area contributed by atoms with Gasteiger partial charge in [-0.2, -0.15) is 25.3 Å². The number of rotatable bonds is 2. The van der Waals surface area contributed by atoms with Crippen LogP contribution in [0.5, 0.6) is 0 Å². The summed E-state index contributed by atoms with van der Waals surface area (Å²) >= 11 is 8.22. The molecule has 0 amide bonds. The topological polar surface area (TPSA) is 20.2 Å². The van der Waals surface area contributed by atoms with Crippen LogP contribution in [0.4, 0.5) is 0 Å². The second-order valence-electron chi connectivity index (χ2n) is 2.78. The van der Waals surface area contributed by atoms with Crippen LogP contribution in [0, 0.1) is 0 Å². The molecule has 1 aliphatic rings. The molecule has 0 saturated carbocycles. The maximum atomic E-state index is 9.74. The first-order valence-corrected chi connectivity index (χ1v) is 4.78. The van der Waals surface area contributed by atoms with Crippen molar-refractivity contribution in [1.29, 1.82) is 0 Å². The average Bonchev–Trinajstić information content (AvgIpc) is 2.05. The quantitative estimate of drug-likeness (QED) is 0.560. The van der Waals surface area contributed by atoms with Gasteiger partial charge in [0.05, 0.1) is 5.60 Å². The minimum absolute atomic E-state index is 0.467. The van der Waals surface area contributed by atoms with E-state index in [1.807, 2.05) is 12.2 Å². The van der Waals surface area contributed by atoms with Crippen LogP contribution in [0.3, 0.4) is 0 Å². The number of hydrogen-bond donors (Lipinski definition) is 3. The van der Waals surface area contributed by atoms with Gasteiger partial charge in [-0.05, 0) is 0 Å². The molecule has 1 atom stereocenters. The molecule has 0 heterocycles. The van der Waals surface area contributed by atoms with E-state index < -0.39 is 5.60 Å². The average molecular weight is 188 g/mol. The van der Waals surface area contributed by atoms with Gasteiger partial charge in [-0.3, -0.25) is 0 Å². The second-order valence-corrected chi connectivity index (χ2v) is 3.41. The predicted octanol–water partition coefficient (Wildman–Crippen LogP) is 1.46. The monoisotopic (exact) mass is 188 g/mol. The molecule has 0 radical (unpaired) electrons. The Labute approximate surface area is 78.0 Å². The van der Waals surface area contributed by atoms with Gasteiger partial charge in [0, 0.05) is 17.9 Å². The van der Waals surface area contributed by atoms with Gasteiger partial charge in [0.2, 0.25) is 0 Å². The lowest BCUT2D eigenvalue weighted by atomic mass is 9.92. The molecule has 3 heteroatoms. The maximum Gasteiger partial charge on any atom is 0.0955 e. The molecule has 1 nitrogen and oxygen atoms in total. The molecule has 1 aliphatic carbocycles. The third-order valence-electron chi connectivity index (χ3n) is 1.75. The highest BCUT2D eigenvalue weighted by Gasteiger charge is 2.24. The maximum absolute atomic E-state index is 9.74. The van der Waals surface area contributed by atoms with Crippen molar-refractivity contribution in [1.82, 2.24) is 0 Å². The van der Waals surface area contributed by atoms with Crippen LogP contribution in [0.15, 0.2) is 23.8 Å². The highest BCUT2D eigenvalue weighted by molar-refractivity contribution is 7.80. The van der Waals surface area contributed by atoms with Crippen molar-refractivity contribution in [3.8, 4) is 0 Å². The molecule has 0 aromatic carbocycles. The van der Waals surface area contributed by atoms with Crippen LogP contribution >= 0.6 is 25.3 Å². The van der Waals surface area contributed by atoms with Crippen molar-refractivity contribution < 1.29 is 5.11 Å². The van der Waals surface area contributed by atoms with Crippen LogP contribution in [0.25, 0.3) is 0 Å². The SMILES string of the molecule is OC1(CS)C=CC=C(CS)C1. The number of allylic oxidation sites excluding steroid dienone is 2. The standard InChI is InChI=1S/C8H12OS2/c9-8(6-11)3-1-2-7(4-8)5-10/h1-3,9-11H,4-6H2. The van der Waals surface area contributed by atoms with Crippen molar-refractivity contribution in [2.24, 2.45) is 0 Å². The summed E-state index contributed by atoms with van der Waals surface area (Å²) in [7, 11) is 0. The highest BCUT2D eigenvalue weighted by Crippen LogP contribution is 2.24. The van der Waals surface area contributed by atoms with Crippen molar-refractivity contribution in [2.75, 3.05) is 11.5 Å². The molecule has 0 aliphatic heterocycles. The van der Waals surface area contributed by atoms with E-state index in [1.54, 1.807) is 6.08 Å².